The van der Waals surface area contributed by atoms with Crippen molar-refractivity contribution >= 4 is 5.91 Å². The van der Waals surface area contributed by atoms with E-state index in [1.54, 1.807) is 4.90 Å². The number of carbonyl (C=O) groups is 1. The second-order valence-corrected chi connectivity index (χ2v) is 8.83. The van der Waals surface area contributed by atoms with Gasteiger partial charge >= 0.3 is 0 Å². The Morgan fingerprint density at radius 3 is 2.48 bits per heavy atom. The highest BCUT2D eigenvalue weighted by molar-refractivity contribution is 5.76. The Labute approximate surface area is 183 Å². The van der Waals surface area contributed by atoms with Gasteiger partial charge in [0, 0.05) is 69.9 Å². The summed E-state index contributed by atoms with van der Waals surface area (Å²) in [6.07, 6.45) is 2.22. The standard InChI is InChI=1S/C25H31F2N3O/c1-19-3-2-4-20(15-19)17-28-11-13-29(14-12-28)23-7-8-25(31)30(10-9-23)18-21-5-6-22(26)16-24(21)27/h2-6,15-16,23H,7-14,17-18H2,1H3. The molecule has 2 saturated heterocycles. The molecular weight excluding hydrogens is 396 g/mol. The van der Waals surface area contributed by atoms with Crippen molar-refractivity contribution in [3.8, 4) is 0 Å². The van der Waals surface area contributed by atoms with Crippen LogP contribution in [0.3, 0.4) is 0 Å². The molecule has 0 aliphatic carbocycles. The van der Waals surface area contributed by atoms with E-state index in [2.05, 4.69) is 41.0 Å². The first-order valence-corrected chi connectivity index (χ1v) is 11.2. The highest BCUT2D eigenvalue weighted by Crippen LogP contribution is 2.22. The zero-order chi connectivity index (χ0) is 21.8. The molecule has 0 bridgehead atoms. The fourth-order valence-electron chi connectivity index (χ4n) is 4.77. The summed E-state index contributed by atoms with van der Waals surface area (Å²) in [5, 5.41) is 0. The molecule has 31 heavy (non-hydrogen) atoms. The minimum atomic E-state index is -0.593. The summed E-state index contributed by atoms with van der Waals surface area (Å²) in [5.41, 5.74) is 3.03. The smallest absolute Gasteiger partial charge is 0.222 e. The fraction of sp³-hybridized carbons (Fsp3) is 0.480. The first-order chi connectivity index (χ1) is 15.0. The largest absolute Gasteiger partial charge is 0.338 e. The summed E-state index contributed by atoms with van der Waals surface area (Å²) in [5.74, 6) is -1.12. The Balaban J connectivity index is 1.29. The van der Waals surface area contributed by atoms with Gasteiger partial charge in [0.05, 0.1) is 0 Å². The van der Waals surface area contributed by atoms with Crippen molar-refractivity contribution in [2.45, 2.75) is 45.3 Å². The van der Waals surface area contributed by atoms with Gasteiger partial charge in [0.2, 0.25) is 5.91 Å². The maximum Gasteiger partial charge on any atom is 0.222 e. The van der Waals surface area contributed by atoms with Crippen molar-refractivity contribution in [2.24, 2.45) is 0 Å². The van der Waals surface area contributed by atoms with Crippen molar-refractivity contribution < 1.29 is 13.6 Å². The van der Waals surface area contributed by atoms with E-state index in [-0.39, 0.29) is 12.5 Å². The molecule has 0 aromatic heterocycles. The average molecular weight is 428 g/mol. The fourth-order valence-corrected chi connectivity index (χ4v) is 4.77. The van der Waals surface area contributed by atoms with Gasteiger partial charge < -0.3 is 4.90 Å². The molecule has 2 heterocycles. The third-order valence-corrected chi connectivity index (χ3v) is 6.56. The summed E-state index contributed by atoms with van der Waals surface area (Å²) in [7, 11) is 0. The van der Waals surface area contributed by atoms with Gasteiger partial charge in [0.25, 0.3) is 0 Å². The Hall–Kier alpha value is -2.31. The molecule has 0 radical (unpaired) electrons. The molecule has 2 aromatic rings. The summed E-state index contributed by atoms with van der Waals surface area (Å²) in [6.45, 7) is 8.02. The van der Waals surface area contributed by atoms with E-state index in [1.165, 1.54) is 23.3 Å². The molecule has 2 aliphatic heterocycles. The van der Waals surface area contributed by atoms with E-state index in [4.69, 9.17) is 0 Å². The molecule has 4 rings (SSSR count). The number of rotatable bonds is 5. The Morgan fingerprint density at radius 2 is 1.74 bits per heavy atom. The van der Waals surface area contributed by atoms with Crippen LogP contribution in [0.4, 0.5) is 8.78 Å². The molecule has 0 saturated carbocycles. The number of hydrogen-bond donors (Lipinski definition) is 0. The SMILES string of the molecule is Cc1cccc(CN2CCN(C3CCC(=O)N(Cc4ccc(F)cc4F)CC3)CC2)c1. The van der Waals surface area contributed by atoms with Crippen LogP contribution in [0.15, 0.2) is 42.5 Å². The van der Waals surface area contributed by atoms with Crippen molar-refractivity contribution in [3.63, 3.8) is 0 Å². The van der Waals surface area contributed by atoms with Crippen LogP contribution >= 0.6 is 0 Å². The first kappa shape index (κ1) is 21.9. The zero-order valence-corrected chi connectivity index (χ0v) is 18.2. The number of benzene rings is 2. The number of likely N-dealkylation sites (tertiary alicyclic amines) is 1. The molecule has 2 aliphatic rings. The van der Waals surface area contributed by atoms with Crippen molar-refractivity contribution in [2.75, 3.05) is 32.7 Å². The van der Waals surface area contributed by atoms with Crippen LogP contribution in [0.5, 0.6) is 0 Å². The number of halogens is 2. The highest BCUT2D eigenvalue weighted by atomic mass is 19.1. The Kier molecular flexibility index (Phi) is 6.98. The second-order valence-electron chi connectivity index (χ2n) is 8.83. The van der Waals surface area contributed by atoms with Crippen LogP contribution in [0.1, 0.15) is 36.0 Å². The topological polar surface area (TPSA) is 26.8 Å². The molecule has 6 heteroatoms. The lowest BCUT2D eigenvalue weighted by molar-refractivity contribution is -0.131. The van der Waals surface area contributed by atoms with Gasteiger partial charge in [-0.2, -0.15) is 0 Å². The molecule has 0 spiro atoms. The quantitative estimate of drug-likeness (QED) is 0.723. The summed E-state index contributed by atoms with van der Waals surface area (Å²) in [4.78, 5) is 19.3. The highest BCUT2D eigenvalue weighted by Gasteiger charge is 2.29. The molecule has 4 nitrogen and oxygen atoms in total. The minimum Gasteiger partial charge on any atom is -0.338 e. The Bertz CT molecular complexity index is 911. The monoisotopic (exact) mass is 427 g/mol. The van der Waals surface area contributed by atoms with Gasteiger partial charge in [0.1, 0.15) is 11.6 Å². The van der Waals surface area contributed by atoms with Crippen molar-refractivity contribution in [1.29, 1.82) is 0 Å². The zero-order valence-electron chi connectivity index (χ0n) is 18.2. The van der Waals surface area contributed by atoms with Crippen molar-refractivity contribution in [3.05, 3.63) is 70.8 Å². The number of amides is 1. The van der Waals surface area contributed by atoms with Gasteiger partial charge in [-0.3, -0.25) is 14.6 Å². The van der Waals surface area contributed by atoms with Gasteiger partial charge in [-0.15, -0.1) is 0 Å². The predicted octanol–water partition coefficient (Wildman–Crippen LogP) is 3.97. The lowest BCUT2D eigenvalue weighted by atomic mass is 10.1. The van der Waals surface area contributed by atoms with E-state index in [9.17, 15) is 13.6 Å². The van der Waals surface area contributed by atoms with E-state index < -0.39 is 11.6 Å². The summed E-state index contributed by atoms with van der Waals surface area (Å²) < 4.78 is 27.2. The number of piperazine rings is 1. The lowest BCUT2D eigenvalue weighted by Gasteiger charge is -2.39. The number of carbonyl (C=O) groups excluding carboxylic acids is 1. The van der Waals surface area contributed by atoms with Crippen LogP contribution < -0.4 is 0 Å². The Morgan fingerprint density at radius 1 is 0.935 bits per heavy atom. The average Bonchev–Trinajstić information content (AvgIpc) is 2.92. The number of nitrogens with zero attached hydrogens (tertiary/aromatic N) is 3. The molecule has 1 atom stereocenters. The first-order valence-electron chi connectivity index (χ1n) is 11.2. The van der Waals surface area contributed by atoms with Gasteiger partial charge in [0.15, 0.2) is 0 Å². The summed E-state index contributed by atoms with van der Waals surface area (Å²) >= 11 is 0. The van der Waals surface area contributed by atoms with Crippen LogP contribution in [0.25, 0.3) is 0 Å². The van der Waals surface area contributed by atoms with Crippen molar-refractivity contribution in [1.82, 2.24) is 14.7 Å². The molecule has 0 N–H and O–H groups in total. The predicted molar refractivity (Wildman–Crippen MR) is 117 cm³/mol. The van der Waals surface area contributed by atoms with Crippen LogP contribution in [0, 0.1) is 18.6 Å². The molecule has 1 amide bonds. The van der Waals surface area contributed by atoms with Gasteiger partial charge in [-0.1, -0.05) is 35.9 Å². The molecular formula is C25H31F2N3O. The van der Waals surface area contributed by atoms with E-state index in [0.29, 0.717) is 24.6 Å². The maximum atomic E-state index is 14.0. The molecule has 1 unspecified atom stereocenters. The maximum absolute atomic E-state index is 14.0. The van der Waals surface area contributed by atoms with Crippen LogP contribution in [0.2, 0.25) is 0 Å². The molecule has 2 aromatic carbocycles. The van der Waals surface area contributed by atoms with E-state index in [1.807, 2.05) is 0 Å². The van der Waals surface area contributed by atoms with Gasteiger partial charge in [-0.05, 0) is 31.4 Å². The number of hydrogen-bond acceptors (Lipinski definition) is 3. The summed E-state index contributed by atoms with van der Waals surface area (Å²) in [6, 6.07) is 12.6. The van der Waals surface area contributed by atoms with Gasteiger partial charge in [-0.25, -0.2) is 8.78 Å². The van der Waals surface area contributed by atoms with E-state index >= 15 is 0 Å². The molecule has 166 valence electrons. The second kappa shape index (κ2) is 9.88. The molecule has 2 fully saturated rings. The van der Waals surface area contributed by atoms with E-state index in [0.717, 1.165) is 51.6 Å². The minimum absolute atomic E-state index is 0.0595. The normalized spacial score (nSPS) is 21.3. The van der Waals surface area contributed by atoms with Crippen LogP contribution in [-0.4, -0.2) is 59.4 Å². The third-order valence-electron chi connectivity index (χ3n) is 6.56. The lowest BCUT2D eigenvalue weighted by Crippen LogP contribution is -2.50. The van der Waals surface area contributed by atoms with Crippen LogP contribution in [-0.2, 0) is 17.9 Å². The number of aryl methyl sites for hydroxylation is 1. The third kappa shape index (κ3) is 5.69.